The normalized spacial score (nSPS) is 15.7. The van der Waals surface area contributed by atoms with E-state index < -0.39 is 12.0 Å². The molecule has 1 aliphatic rings. The molecule has 1 aromatic carbocycles. The van der Waals surface area contributed by atoms with Gasteiger partial charge in [0, 0.05) is 12.4 Å². The number of amides is 1. The molecule has 6 heteroatoms. The number of aryl methyl sites for hydroxylation is 1. The van der Waals surface area contributed by atoms with Gasteiger partial charge in [-0.3, -0.25) is 9.48 Å². The fraction of sp³-hybridized carbons (Fsp3) is 0.438. The van der Waals surface area contributed by atoms with Crippen molar-refractivity contribution >= 4 is 22.8 Å². The number of nitrogens with zero attached hydrogens (tertiary/aromatic N) is 2. The van der Waals surface area contributed by atoms with Crippen LogP contribution in [0.5, 0.6) is 0 Å². The fourth-order valence-corrected chi connectivity index (χ4v) is 2.73. The minimum atomic E-state index is -0.967. The number of carbonyl (C=O) groups is 2. The molecule has 22 heavy (non-hydrogen) atoms. The first-order valence-electron chi connectivity index (χ1n) is 7.47. The summed E-state index contributed by atoms with van der Waals surface area (Å²) in [7, 11) is 1.83. The minimum absolute atomic E-state index is 0.0931. The molecule has 0 aliphatic heterocycles. The molecule has 2 aromatic rings. The fourth-order valence-electron chi connectivity index (χ4n) is 2.73. The maximum absolute atomic E-state index is 12.2. The van der Waals surface area contributed by atoms with Crippen molar-refractivity contribution in [2.45, 2.75) is 31.7 Å². The molecule has 1 saturated carbocycles. The first kappa shape index (κ1) is 14.6. The zero-order valence-corrected chi connectivity index (χ0v) is 12.5. The van der Waals surface area contributed by atoms with Crippen LogP contribution in [0.2, 0.25) is 0 Å². The van der Waals surface area contributed by atoms with Gasteiger partial charge in [0.25, 0.3) is 0 Å². The third kappa shape index (κ3) is 3.10. The number of carbonyl (C=O) groups excluding carboxylic acids is 1. The van der Waals surface area contributed by atoms with Gasteiger partial charge in [0.2, 0.25) is 5.91 Å². The molecule has 6 nitrogen and oxygen atoms in total. The van der Waals surface area contributed by atoms with Crippen molar-refractivity contribution in [1.29, 1.82) is 0 Å². The topological polar surface area (TPSA) is 84.2 Å². The molecule has 116 valence electrons. The smallest absolute Gasteiger partial charge is 0.326 e. The van der Waals surface area contributed by atoms with E-state index in [1.165, 1.54) is 0 Å². The van der Waals surface area contributed by atoms with Crippen molar-refractivity contribution < 1.29 is 14.7 Å². The monoisotopic (exact) mass is 301 g/mol. The van der Waals surface area contributed by atoms with E-state index in [1.54, 1.807) is 4.68 Å². The molecule has 0 bridgehead atoms. The third-order valence-electron chi connectivity index (χ3n) is 4.06. The average Bonchev–Trinajstić information content (AvgIpc) is 3.24. The highest BCUT2D eigenvalue weighted by atomic mass is 16.4. The standard InChI is InChI=1S/C16H19N3O3/c1-19-14-5-3-2-4-11(14)12(18-19)9-15(20)17-13(16(21)22)8-10-6-7-10/h2-5,10,13H,6-9H2,1H3,(H,17,20)(H,21,22). The number of carboxylic acid groups (broad SMARTS) is 1. The Kier molecular flexibility index (Phi) is 3.83. The van der Waals surface area contributed by atoms with Gasteiger partial charge >= 0.3 is 5.97 Å². The first-order chi connectivity index (χ1) is 10.5. The van der Waals surface area contributed by atoms with Crippen LogP contribution in [0, 0.1) is 5.92 Å². The van der Waals surface area contributed by atoms with Gasteiger partial charge in [0.1, 0.15) is 6.04 Å². The number of rotatable bonds is 6. The molecule has 1 aliphatic carbocycles. The van der Waals surface area contributed by atoms with Crippen LogP contribution in [-0.4, -0.2) is 32.8 Å². The SMILES string of the molecule is Cn1nc(CC(=O)NC(CC2CC2)C(=O)O)c2ccccc21. The highest BCUT2D eigenvalue weighted by Crippen LogP contribution is 2.33. The number of para-hydroxylation sites is 1. The predicted molar refractivity (Wildman–Crippen MR) is 81.3 cm³/mol. The lowest BCUT2D eigenvalue weighted by Crippen LogP contribution is -2.41. The number of benzene rings is 1. The van der Waals surface area contributed by atoms with Gasteiger partial charge in [-0.25, -0.2) is 4.79 Å². The second-order valence-corrected chi connectivity index (χ2v) is 5.90. The highest BCUT2D eigenvalue weighted by Gasteiger charge is 2.30. The van der Waals surface area contributed by atoms with Crippen molar-refractivity contribution in [2.75, 3.05) is 0 Å². The van der Waals surface area contributed by atoms with Crippen LogP contribution in [0.4, 0.5) is 0 Å². The molecule has 3 rings (SSSR count). The molecule has 1 aromatic heterocycles. The van der Waals surface area contributed by atoms with Crippen LogP contribution in [0.3, 0.4) is 0 Å². The lowest BCUT2D eigenvalue weighted by molar-refractivity contribution is -0.142. The van der Waals surface area contributed by atoms with Gasteiger partial charge in [-0.2, -0.15) is 5.10 Å². The second-order valence-electron chi connectivity index (χ2n) is 5.90. The zero-order valence-electron chi connectivity index (χ0n) is 12.5. The molecule has 1 atom stereocenters. The Bertz CT molecular complexity index is 718. The Morgan fingerprint density at radius 3 is 2.82 bits per heavy atom. The van der Waals surface area contributed by atoms with E-state index in [-0.39, 0.29) is 12.3 Å². The van der Waals surface area contributed by atoms with Crippen LogP contribution in [0.15, 0.2) is 24.3 Å². The van der Waals surface area contributed by atoms with E-state index in [1.807, 2.05) is 31.3 Å². The summed E-state index contributed by atoms with van der Waals surface area (Å²) >= 11 is 0. The van der Waals surface area contributed by atoms with E-state index in [4.69, 9.17) is 0 Å². The van der Waals surface area contributed by atoms with Crippen LogP contribution in [0.25, 0.3) is 10.9 Å². The van der Waals surface area contributed by atoms with Crippen molar-refractivity contribution in [3.8, 4) is 0 Å². The molecule has 1 unspecified atom stereocenters. The summed E-state index contributed by atoms with van der Waals surface area (Å²) in [5, 5.41) is 17.1. The van der Waals surface area contributed by atoms with E-state index in [2.05, 4.69) is 10.4 Å². The first-order valence-corrected chi connectivity index (χ1v) is 7.47. The van der Waals surface area contributed by atoms with Crippen LogP contribution >= 0.6 is 0 Å². The Morgan fingerprint density at radius 1 is 1.41 bits per heavy atom. The van der Waals surface area contributed by atoms with Crippen molar-refractivity contribution in [1.82, 2.24) is 15.1 Å². The third-order valence-corrected chi connectivity index (χ3v) is 4.06. The van der Waals surface area contributed by atoms with Crippen LogP contribution in [0.1, 0.15) is 25.0 Å². The molecular formula is C16H19N3O3. The molecular weight excluding hydrogens is 282 g/mol. The Morgan fingerprint density at radius 2 is 2.14 bits per heavy atom. The Hall–Kier alpha value is -2.37. The van der Waals surface area contributed by atoms with Gasteiger partial charge in [-0.05, 0) is 18.4 Å². The molecule has 0 radical (unpaired) electrons. The summed E-state index contributed by atoms with van der Waals surface area (Å²) in [6, 6.07) is 6.89. The predicted octanol–water partition coefficient (Wildman–Crippen LogP) is 1.49. The maximum Gasteiger partial charge on any atom is 0.326 e. The lowest BCUT2D eigenvalue weighted by Gasteiger charge is -2.13. The maximum atomic E-state index is 12.2. The molecule has 0 spiro atoms. The molecule has 1 amide bonds. The van der Waals surface area contributed by atoms with Gasteiger partial charge < -0.3 is 10.4 Å². The molecule has 0 saturated heterocycles. The van der Waals surface area contributed by atoms with E-state index in [9.17, 15) is 14.7 Å². The molecule has 1 heterocycles. The Balaban J connectivity index is 1.70. The largest absolute Gasteiger partial charge is 0.480 e. The summed E-state index contributed by atoms with van der Waals surface area (Å²) < 4.78 is 1.73. The Labute approximate surface area is 128 Å². The lowest BCUT2D eigenvalue weighted by atomic mass is 10.1. The van der Waals surface area contributed by atoms with Crippen molar-refractivity contribution in [3.63, 3.8) is 0 Å². The zero-order chi connectivity index (χ0) is 15.7. The summed E-state index contributed by atoms with van der Waals surface area (Å²) in [5.41, 5.74) is 1.63. The number of hydrogen-bond acceptors (Lipinski definition) is 3. The second kappa shape index (κ2) is 5.79. The van der Waals surface area contributed by atoms with Gasteiger partial charge in [-0.1, -0.05) is 31.0 Å². The van der Waals surface area contributed by atoms with E-state index in [0.29, 0.717) is 18.0 Å². The number of hydrogen-bond donors (Lipinski definition) is 2. The number of aromatic nitrogens is 2. The average molecular weight is 301 g/mol. The van der Waals surface area contributed by atoms with Crippen LogP contribution < -0.4 is 5.32 Å². The summed E-state index contributed by atoms with van der Waals surface area (Å²) in [5.74, 6) is -0.819. The number of aliphatic carboxylic acids is 1. The number of nitrogens with one attached hydrogen (secondary N) is 1. The van der Waals surface area contributed by atoms with E-state index in [0.717, 1.165) is 23.7 Å². The summed E-state index contributed by atoms with van der Waals surface area (Å²) in [4.78, 5) is 23.4. The molecule has 2 N–H and O–H groups in total. The van der Waals surface area contributed by atoms with Gasteiger partial charge in [-0.15, -0.1) is 0 Å². The van der Waals surface area contributed by atoms with Gasteiger partial charge in [0.15, 0.2) is 0 Å². The van der Waals surface area contributed by atoms with Crippen molar-refractivity contribution in [2.24, 2.45) is 13.0 Å². The van der Waals surface area contributed by atoms with Crippen LogP contribution in [-0.2, 0) is 23.1 Å². The number of carboxylic acids is 1. The quantitative estimate of drug-likeness (QED) is 0.846. The summed E-state index contributed by atoms with van der Waals surface area (Å²) in [6.45, 7) is 0. The number of fused-ring (bicyclic) bond motifs is 1. The minimum Gasteiger partial charge on any atom is -0.480 e. The summed E-state index contributed by atoms with van der Waals surface area (Å²) in [6.07, 6.45) is 2.73. The van der Waals surface area contributed by atoms with E-state index >= 15 is 0 Å². The van der Waals surface area contributed by atoms with Gasteiger partial charge in [0.05, 0.1) is 17.6 Å². The van der Waals surface area contributed by atoms with Crippen molar-refractivity contribution in [3.05, 3.63) is 30.0 Å². The highest BCUT2D eigenvalue weighted by molar-refractivity contribution is 5.89. The molecule has 1 fully saturated rings.